The fourth-order valence-electron chi connectivity index (χ4n) is 4.26. The van der Waals surface area contributed by atoms with E-state index in [2.05, 4.69) is 14.8 Å². The minimum atomic E-state index is 0.316. The van der Waals surface area contributed by atoms with Gasteiger partial charge in [-0.2, -0.15) is 0 Å². The van der Waals surface area contributed by atoms with Crippen molar-refractivity contribution in [3.05, 3.63) is 54.2 Å². The Morgan fingerprint density at radius 1 is 1.20 bits per heavy atom. The number of carbonyl (C=O) groups is 1. The van der Waals surface area contributed by atoms with Gasteiger partial charge in [0.1, 0.15) is 5.76 Å². The third-order valence-electron chi connectivity index (χ3n) is 5.52. The summed E-state index contributed by atoms with van der Waals surface area (Å²) in [7, 11) is 0. The van der Waals surface area contributed by atoms with Gasteiger partial charge in [-0.05, 0) is 43.0 Å². The molecule has 2 aliphatic rings. The molecule has 5 nitrogen and oxygen atoms in total. The van der Waals surface area contributed by atoms with Crippen LogP contribution in [0.2, 0.25) is 0 Å². The summed E-state index contributed by atoms with van der Waals surface area (Å²) >= 11 is 0. The molecular formula is C20H25N3O2. The third-order valence-corrected chi connectivity index (χ3v) is 5.52. The highest BCUT2D eigenvalue weighted by Gasteiger charge is 2.39. The molecule has 0 bridgehead atoms. The largest absolute Gasteiger partial charge is 0.468 e. The summed E-state index contributed by atoms with van der Waals surface area (Å²) in [6.07, 6.45) is 7.14. The molecule has 2 aliphatic heterocycles. The molecule has 5 heteroatoms. The van der Waals surface area contributed by atoms with E-state index >= 15 is 0 Å². The molecule has 0 saturated carbocycles. The monoisotopic (exact) mass is 339 g/mol. The second-order valence-electron chi connectivity index (χ2n) is 7.13. The Kier molecular flexibility index (Phi) is 4.83. The smallest absolute Gasteiger partial charge is 0.222 e. The van der Waals surface area contributed by atoms with Crippen molar-refractivity contribution >= 4 is 5.91 Å². The highest BCUT2D eigenvalue weighted by Crippen LogP contribution is 2.32. The molecule has 2 aromatic heterocycles. The molecule has 0 N–H and O–H groups in total. The highest BCUT2D eigenvalue weighted by atomic mass is 16.3. The molecule has 0 aromatic carbocycles. The van der Waals surface area contributed by atoms with Crippen LogP contribution in [0.25, 0.3) is 0 Å². The Labute approximate surface area is 148 Å². The number of amides is 1. The van der Waals surface area contributed by atoms with Crippen molar-refractivity contribution in [3.8, 4) is 0 Å². The first kappa shape index (κ1) is 16.3. The van der Waals surface area contributed by atoms with Crippen molar-refractivity contribution in [3.63, 3.8) is 0 Å². The van der Waals surface area contributed by atoms with E-state index in [0.29, 0.717) is 24.3 Å². The number of carbonyl (C=O) groups excluding carboxylic acids is 1. The van der Waals surface area contributed by atoms with Crippen LogP contribution >= 0.6 is 0 Å². The number of rotatable bonds is 5. The number of pyridine rings is 1. The minimum absolute atomic E-state index is 0.316. The van der Waals surface area contributed by atoms with Gasteiger partial charge in [-0.15, -0.1) is 0 Å². The summed E-state index contributed by atoms with van der Waals surface area (Å²) in [6.45, 7) is 3.74. The average Bonchev–Trinajstić information content (AvgIpc) is 3.15. The lowest BCUT2D eigenvalue weighted by Crippen LogP contribution is -2.56. The van der Waals surface area contributed by atoms with Crippen LogP contribution in [-0.4, -0.2) is 46.4 Å². The van der Waals surface area contributed by atoms with Gasteiger partial charge in [0.2, 0.25) is 5.91 Å². The van der Waals surface area contributed by atoms with E-state index in [0.717, 1.165) is 56.9 Å². The van der Waals surface area contributed by atoms with E-state index in [1.807, 2.05) is 36.5 Å². The van der Waals surface area contributed by atoms with Gasteiger partial charge in [0.15, 0.2) is 0 Å². The Balaban J connectivity index is 1.37. The van der Waals surface area contributed by atoms with Gasteiger partial charge in [-0.25, -0.2) is 0 Å². The number of piperidine rings is 2. The molecule has 2 atom stereocenters. The predicted molar refractivity (Wildman–Crippen MR) is 94.8 cm³/mol. The van der Waals surface area contributed by atoms with E-state index in [1.54, 1.807) is 6.26 Å². The fraction of sp³-hybridized carbons (Fsp3) is 0.500. The SMILES string of the molecule is O=C1CC[C@H]2CN(Cc3ccco3)CC[C@H]2N1CCc1ccccn1. The quantitative estimate of drug-likeness (QED) is 0.840. The van der Waals surface area contributed by atoms with Crippen LogP contribution in [0.5, 0.6) is 0 Å². The molecule has 2 saturated heterocycles. The maximum Gasteiger partial charge on any atom is 0.222 e. The molecule has 2 aromatic rings. The maximum atomic E-state index is 12.5. The van der Waals surface area contributed by atoms with Gasteiger partial charge >= 0.3 is 0 Å². The molecule has 0 unspecified atom stereocenters. The molecule has 132 valence electrons. The number of aromatic nitrogens is 1. The molecular weight excluding hydrogens is 314 g/mol. The van der Waals surface area contributed by atoms with E-state index in [4.69, 9.17) is 4.42 Å². The molecule has 4 heterocycles. The van der Waals surface area contributed by atoms with Gasteiger partial charge in [0.25, 0.3) is 0 Å². The van der Waals surface area contributed by atoms with Crippen LogP contribution in [0.15, 0.2) is 47.2 Å². The van der Waals surface area contributed by atoms with E-state index in [-0.39, 0.29) is 0 Å². The Morgan fingerprint density at radius 3 is 2.96 bits per heavy atom. The standard InChI is InChI=1S/C20H25N3O2/c24-20-7-6-16-14-22(15-18-5-3-13-25-18)11-9-19(16)23(20)12-8-17-4-1-2-10-21-17/h1-5,10,13,16,19H,6-9,11-12,14-15H2/t16-,19+/m0/s1. The van der Waals surface area contributed by atoms with E-state index in [9.17, 15) is 4.79 Å². The lowest BCUT2D eigenvalue weighted by Gasteiger charge is -2.47. The topological polar surface area (TPSA) is 49.6 Å². The number of nitrogens with zero attached hydrogens (tertiary/aromatic N) is 3. The summed E-state index contributed by atoms with van der Waals surface area (Å²) in [5.74, 6) is 1.92. The first-order valence-electron chi connectivity index (χ1n) is 9.24. The van der Waals surface area contributed by atoms with Crippen molar-refractivity contribution in [1.29, 1.82) is 0 Å². The van der Waals surface area contributed by atoms with Crippen molar-refractivity contribution in [1.82, 2.24) is 14.8 Å². The molecule has 1 amide bonds. The van der Waals surface area contributed by atoms with Crippen LogP contribution in [-0.2, 0) is 17.8 Å². The average molecular weight is 339 g/mol. The van der Waals surface area contributed by atoms with E-state index < -0.39 is 0 Å². The normalized spacial score (nSPS) is 24.3. The van der Waals surface area contributed by atoms with Gasteiger partial charge < -0.3 is 9.32 Å². The van der Waals surface area contributed by atoms with Crippen LogP contribution < -0.4 is 0 Å². The second kappa shape index (κ2) is 7.40. The van der Waals surface area contributed by atoms with Crippen molar-refractivity contribution in [2.75, 3.05) is 19.6 Å². The highest BCUT2D eigenvalue weighted by molar-refractivity contribution is 5.77. The predicted octanol–water partition coefficient (Wildman–Crippen LogP) is 2.73. The van der Waals surface area contributed by atoms with Gasteiger partial charge in [-0.3, -0.25) is 14.7 Å². The number of furan rings is 1. The van der Waals surface area contributed by atoms with Gasteiger partial charge in [0, 0.05) is 50.4 Å². The molecule has 2 fully saturated rings. The summed E-state index contributed by atoms with van der Waals surface area (Å²) in [5.41, 5.74) is 1.06. The third kappa shape index (κ3) is 3.76. The minimum Gasteiger partial charge on any atom is -0.468 e. The first-order chi connectivity index (χ1) is 12.3. The van der Waals surface area contributed by atoms with E-state index in [1.165, 1.54) is 0 Å². The summed E-state index contributed by atoms with van der Waals surface area (Å²) in [4.78, 5) is 21.5. The lowest BCUT2D eigenvalue weighted by atomic mass is 9.83. The van der Waals surface area contributed by atoms with Crippen LogP contribution in [0.4, 0.5) is 0 Å². The maximum absolute atomic E-state index is 12.5. The first-order valence-corrected chi connectivity index (χ1v) is 9.24. The van der Waals surface area contributed by atoms with Crippen LogP contribution in [0, 0.1) is 5.92 Å². The Bertz CT molecular complexity index is 686. The Hall–Kier alpha value is -2.14. The zero-order valence-corrected chi connectivity index (χ0v) is 14.5. The molecule has 25 heavy (non-hydrogen) atoms. The zero-order chi connectivity index (χ0) is 17.1. The van der Waals surface area contributed by atoms with Gasteiger partial charge in [0.05, 0.1) is 12.8 Å². The number of likely N-dealkylation sites (tertiary alicyclic amines) is 2. The van der Waals surface area contributed by atoms with Gasteiger partial charge in [-0.1, -0.05) is 6.07 Å². The number of fused-ring (bicyclic) bond motifs is 1. The lowest BCUT2D eigenvalue weighted by molar-refractivity contribution is -0.141. The van der Waals surface area contributed by atoms with Crippen molar-refractivity contribution in [2.45, 2.75) is 38.3 Å². The van der Waals surface area contributed by atoms with Crippen LogP contribution in [0.1, 0.15) is 30.7 Å². The zero-order valence-electron chi connectivity index (χ0n) is 14.5. The number of hydrogen-bond donors (Lipinski definition) is 0. The second-order valence-corrected chi connectivity index (χ2v) is 7.13. The summed E-state index contributed by atoms with van der Waals surface area (Å²) < 4.78 is 5.48. The van der Waals surface area contributed by atoms with Crippen molar-refractivity contribution in [2.24, 2.45) is 5.92 Å². The molecule has 0 spiro atoms. The van der Waals surface area contributed by atoms with Crippen LogP contribution in [0.3, 0.4) is 0 Å². The molecule has 4 rings (SSSR count). The fourth-order valence-corrected chi connectivity index (χ4v) is 4.26. The summed E-state index contributed by atoms with van der Waals surface area (Å²) in [6, 6.07) is 10.3. The number of hydrogen-bond acceptors (Lipinski definition) is 4. The molecule has 0 radical (unpaired) electrons. The Morgan fingerprint density at radius 2 is 2.16 bits per heavy atom. The van der Waals surface area contributed by atoms with Crippen molar-refractivity contribution < 1.29 is 9.21 Å². The molecule has 0 aliphatic carbocycles. The summed E-state index contributed by atoms with van der Waals surface area (Å²) in [5, 5.41) is 0.